The highest BCUT2D eigenvalue weighted by molar-refractivity contribution is 7.14. The maximum atomic E-state index is 11.0. The minimum absolute atomic E-state index is 0.0577. The summed E-state index contributed by atoms with van der Waals surface area (Å²) in [4.78, 5) is 15.0. The number of alkyl halides is 1. The number of nitro groups is 1. The van der Waals surface area contributed by atoms with Gasteiger partial charge < -0.3 is 9.47 Å². The summed E-state index contributed by atoms with van der Waals surface area (Å²) in [6.45, 7) is 0. The van der Waals surface area contributed by atoms with Crippen LogP contribution >= 0.6 is 34.5 Å². The fourth-order valence-electron chi connectivity index (χ4n) is 1.39. The van der Waals surface area contributed by atoms with Crippen LogP contribution in [0.4, 0.5) is 5.69 Å². The van der Waals surface area contributed by atoms with Crippen LogP contribution in [0, 0.1) is 10.1 Å². The van der Waals surface area contributed by atoms with E-state index in [-0.39, 0.29) is 27.7 Å². The molecule has 106 valence electrons. The lowest BCUT2D eigenvalue weighted by atomic mass is 10.3. The summed E-state index contributed by atoms with van der Waals surface area (Å²) in [5.74, 6) is 0.620. The first-order chi connectivity index (χ1) is 9.55. The van der Waals surface area contributed by atoms with E-state index in [4.69, 9.17) is 32.7 Å². The van der Waals surface area contributed by atoms with E-state index in [1.54, 1.807) is 6.07 Å². The molecule has 2 rings (SSSR count). The molecular formula is C11H8Cl2N2O4S. The molecule has 0 saturated heterocycles. The maximum Gasteiger partial charge on any atom is 0.315 e. The third-order valence-electron chi connectivity index (χ3n) is 2.31. The first-order valence-electron chi connectivity index (χ1n) is 5.26. The zero-order valence-electron chi connectivity index (χ0n) is 10.1. The molecule has 9 heteroatoms. The van der Waals surface area contributed by atoms with E-state index in [0.29, 0.717) is 10.6 Å². The maximum absolute atomic E-state index is 11.0. The van der Waals surface area contributed by atoms with Crippen molar-refractivity contribution in [3.8, 4) is 16.7 Å². The summed E-state index contributed by atoms with van der Waals surface area (Å²) >= 11 is 12.7. The summed E-state index contributed by atoms with van der Waals surface area (Å²) in [7, 11) is 1.42. The smallest absolute Gasteiger partial charge is 0.315 e. The number of thiazole rings is 1. The predicted octanol–water partition coefficient (Wildman–Crippen LogP) is 4.24. The van der Waals surface area contributed by atoms with Gasteiger partial charge in [0.2, 0.25) is 5.75 Å². The largest absolute Gasteiger partial charge is 0.496 e. The molecule has 1 aromatic heterocycles. The standard InChI is InChI=1S/C11H8Cl2N2O4S/c1-18-6-2-3-8(7(4-6)15(16)17)19-11-14-10(13)9(5-12)20-11/h2-4H,5H2,1H3. The Labute approximate surface area is 128 Å². The molecule has 0 spiro atoms. The van der Waals surface area contributed by atoms with Gasteiger partial charge >= 0.3 is 5.69 Å². The molecule has 0 radical (unpaired) electrons. The van der Waals surface area contributed by atoms with Crippen LogP contribution in [0.1, 0.15) is 4.88 Å². The Morgan fingerprint density at radius 3 is 2.80 bits per heavy atom. The number of hydrogen-bond donors (Lipinski definition) is 0. The minimum Gasteiger partial charge on any atom is -0.496 e. The van der Waals surface area contributed by atoms with Gasteiger partial charge in [-0.2, -0.15) is 4.98 Å². The Balaban J connectivity index is 2.34. The van der Waals surface area contributed by atoms with E-state index in [1.165, 1.54) is 19.2 Å². The van der Waals surface area contributed by atoms with Crippen molar-refractivity contribution in [2.45, 2.75) is 5.88 Å². The summed E-state index contributed by atoms with van der Waals surface area (Å²) < 4.78 is 10.3. The molecule has 1 heterocycles. The van der Waals surface area contributed by atoms with Crippen LogP contribution in [0.15, 0.2) is 18.2 Å². The molecule has 0 N–H and O–H groups in total. The average molecular weight is 335 g/mol. The summed E-state index contributed by atoms with van der Waals surface area (Å²) in [5, 5.41) is 11.4. The molecular weight excluding hydrogens is 327 g/mol. The highest BCUT2D eigenvalue weighted by atomic mass is 35.5. The summed E-state index contributed by atoms with van der Waals surface area (Å²) in [5.41, 5.74) is -0.219. The van der Waals surface area contributed by atoms with Gasteiger partial charge in [0.25, 0.3) is 5.19 Å². The molecule has 0 amide bonds. The SMILES string of the molecule is COc1ccc(Oc2nc(Cl)c(CCl)s2)c([N+](=O)[O-])c1. The van der Waals surface area contributed by atoms with E-state index in [1.807, 2.05) is 0 Å². The first kappa shape index (κ1) is 14.8. The number of methoxy groups -OCH3 is 1. The van der Waals surface area contributed by atoms with Gasteiger partial charge in [-0.25, -0.2) is 0 Å². The van der Waals surface area contributed by atoms with Gasteiger partial charge in [0.15, 0.2) is 0 Å². The number of halogens is 2. The number of rotatable bonds is 5. The van der Waals surface area contributed by atoms with E-state index in [0.717, 1.165) is 11.3 Å². The third kappa shape index (κ3) is 3.12. The van der Waals surface area contributed by atoms with Crippen molar-refractivity contribution in [2.24, 2.45) is 0 Å². The van der Waals surface area contributed by atoms with Crippen LogP contribution in [0.5, 0.6) is 16.7 Å². The van der Waals surface area contributed by atoms with Crippen molar-refractivity contribution in [2.75, 3.05) is 7.11 Å². The second-order valence-corrected chi connectivity index (χ2v) is 5.19. The molecule has 0 atom stereocenters. The topological polar surface area (TPSA) is 74.5 Å². The highest BCUT2D eigenvalue weighted by Crippen LogP contribution is 2.38. The monoisotopic (exact) mass is 334 g/mol. The van der Waals surface area contributed by atoms with Gasteiger partial charge in [0.05, 0.1) is 28.9 Å². The lowest BCUT2D eigenvalue weighted by Gasteiger charge is -2.04. The van der Waals surface area contributed by atoms with Gasteiger partial charge in [0.1, 0.15) is 10.9 Å². The number of benzene rings is 1. The lowest BCUT2D eigenvalue weighted by Crippen LogP contribution is -1.94. The van der Waals surface area contributed by atoms with E-state index in [9.17, 15) is 10.1 Å². The number of ether oxygens (including phenoxy) is 2. The Bertz CT molecular complexity index is 647. The van der Waals surface area contributed by atoms with Gasteiger partial charge in [-0.05, 0) is 12.1 Å². The summed E-state index contributed by atoms with van der Waals surface area (Å²) in [6.07, 6.45) is 0. The van der Waals surface area contributed by atoms with E-state index >= 15 is 0 Å². The molecule has 6 nitrogen and oxygen atoms in total. The number of nitro benzene ring substituents is 1. The van der Waals surface area contributed by atoms with Crippen molar-refractivity contribution >= 4 is 40.2 Å². The molecule has 1 aromatic carbocycles. The molecule has 2 aromatic rings. The zero-order chi connectivity index (χ0) is 14.7. The number of hydrogen-bond acceptors (Lipinski definition) is 6. The normalized spacial score (nSPS) is 10.3. The Kier molecular flexibility index (Phi) is 4.64. The minimum atomic E-state index is -0.560. The fourth-order valence-corrected chi connectivity index (χ4v) is 2.72. The predicted molar refractivity (Wildman–Crippen MR) is 76.4 cm³/mol. The van der Waals surface area contributed by atoms with E-state index in [2.05, 4.69) is 4.98 Å². The van der Waals surface area contributed by atoms with Crippen molar-refractivity contribution in [3.63, 3.8) is 0 Å². The fraction of sp³-hybridized carbons (Fsp3) is 0.182. The molecule has 0 aliphatic rings. The van der Waals surface area contributed by atoms with Crippen LogP contribution in [0.25, 0.3) is 0 Å². The van der Waals surface area contributed by atoms with Crippen LogP contribution in [0.2, 0.25) is 5.15 Å². The van der Waals surface area contributed by atoms with Gasteiger partial charge in [-0.15, -0.1) is 11.6 Å². The first-order valence-corrected chi connectivity index (χ1v) is 6.99. The summed E-state index contributed by atoms with van der Waals surface area (Å²) in [6, 6.07) is 4.26. The van der Waals surface area contributed by atoms with Crippen molar-refractivity contribution in [1.29, 1.82) is 0 Å². The Morgan fingerprint density at radius 1 is 1.50 bits per heavy atom. The molecule has 0 saturated carbocycles. The molecule has 0 aliphatic heterocycles. The lowest BCUT2D eigenvalue weighted by molar-refractivity contribution is -0.385. The Morgan fingerprint density at radius 2 is 2.25 bits per heavy atom. The van der Waals surface area contributed by atoms with Crippen LogP contribution in [0.3, 0.4) is 0 Å². The van der Waals surface area contributed by atoms with Gasteiger partial charge in [0, 0.05) is 0 Å². The zero-order valence-corrected chi connectivity index (χ0v) is 12.5. The van der Waals surface area contributed by atoms with Gasteiger partial charge in [-0.1, -0.05) is 22.9 Å². The molecule has 0 fully saturated rings. The average Bonchev–Trinajstić information content (AvgIpc) is 2.79. The van der Waals surface area contributed by atoms with Gasteiger partial charge in [-0.3, -0.25) is 10.1 Å². The van der Waals surface area contributed by atoms with Crippen molar-refractivity contribution < 1.29 is 14.4 Å². The number of nitrogens with zero attached hydrogens (tertiary/aromatic N) is 2. The van der Waals surface area contributed by atoms with Crippen LogP contribution in [-0.4, -0.2) is 17.0 Å². The third-order valence-corrected chi connectivity index (χ3v) is 4.10. The Hall–Kier alpha value is -1.57. The highest BCUT2D eigenvalue weighted by Gasteiger charge is 2.19. The van der Waals surface area contributed by atoms with Crippen molar-refractivity contribution in [1.82, 2.24) is 4.98 Å². The second kappa shape index (κ2) is 6.25. The molecule has 0 bridgehead atoms. The number of aromatic nitrogens is 1. The molecule has 20 heavy (non-hydrogen) atoms. The molecule has 0 aliphatic carbocycles. The second-order valence-electron chi connectivity index (χ2n) is 3.52. The van der Waals surface area contributed by atoms with Crippen molar-refractivity contribution in [3.05, 3.63) is 38.3 Å². The van der Waals surface area contributed by atoms with Crippen LogP contribution in [-0.2, 0) is 5.88 Å². The molecule has 0 unspecified atom stereocenters. The van der Waals surface area contributed by atoms with E-state index < -0.39 is 4.92 Å². The van der Waals surface area contributed by atoms with Crippen LogP contribution < -0.4 is 9.47 Å². The quantitative estimate of drug-likeness (QED) is 0.464.